The van der Waals surface area contributed by atoms with Crippen LogP contribution in [0.15, 0.2) is 60.9 Å². The number of carbonyl (C=O) groups excluding carboxylic acids is 2. The number of carbonyl (C=O) groups is 2. The van der Waals surface area contributed by atoms with E-state index in [1.807, 2.05) is 42.7 Å². The molecule has 6 nitrogen and oxygen atoms in total. The van der Waals surface area contributed by atoms with E-state index in [-0.39, 0.29) is 24.5 Å². The third kappa shape index (κ3) is 3.39. The first kappa shape index (κ1) is 16.2. The topological polar surface area (TPSA) is 75.2 Å². The van der Waals surface area contributed by atoms with Crippen LogP contribution >= 0.6 is 0 Å². The summed E-state index contributed by atoms with van der Waals surface area (Å²) in [5.74, 6) is -0.0764. The van der Waals surface area contributed by atoms with E-state index in [0.717, 1.165) is 35.0 Å². The molecule has 3 amide bonds. The zero-order valence-electron chi connectivity index (χ0n) is 14.1. The van der Waals surface area contributed by atoms with Gasteiger partial charge in [0.1, 0.15) is 0 Å². The zero-order valence-corrected chi connectivity index (χ0v) is 14.1. The molecule has 2 aromatic heterocycles. The Morgan fingerprint density at radius 1 is 0.962 bits per heavy atom. The van der Waals surface area contributed by atoms with Crippen molar-refractivity contribution >= 4 is 22.8 Å². The van der Waals surface area contributed by atoms with E-state index in [0.29, 0.717) is 0 Å². The van der Waals surface area contributed by atoms with Crippen LogP contribution in [-0.4, -0.2) is 39.4 Å². The first-order valence-corrected chi connectivity index (χ1v) is 8.58. The highest BCUT2D eigenvalue weighted by Crippen LogP contribution is 2.28. The Balaban J connectivity index is 0.000000144. The molecule has 1 saturated heterocycles. The van der Waals surface area contributed by atoms with Crippen molar-refractivity contribution in [3.05, 3.63) is 60.9 Å². The molecule has 1 aliphatic heterocycles. The van der Waals surface area contributed by atoms with Gasteiger partial charge in [0.15, 0.2) is 0 Å². The van der Waals surface area contributed by atoms with Crippen molar-refractivity contribution in [2.75, 3.05) is 6.54 Å². The van der Waals surface area contributed by atoms with Crippen LogP contribution < -0.4 is 5.32 Å². The Hall–Kier alpha value is -3.28. The molecule has 1 saturated carbocycles. The van der Waals surface area contributed by atoms with Crippen molar-refractivity contribution < 1.29 is 9.59 Å². The summed E-state index contributed by atoms with van der Waals surface area (Å²) in [4.78, 5) is 31.7. The van der Waals surface area contributed by atoms with Gasteiger partial charge in [-0.2, -0.15) is 0 Å². The van der Waals surface area contributed by atoms with E-state index < -0.39 is 0 Å². The number of nitrogens with one attached hydrogen (secondary N) is 1. The summed E-state index contributed by atoms with van der Waals surface area (Å²) in [6, 6.07) is 16.1. The standard InChI is InChI=1S/C14H10N2.C6H8N2O2/c1-2-8-15-13(5-1)12-6-7-14-11(10-12)4-3-9-16-14;9-5-3-7-6(10)8(5)4-1-2-4/h1-10H;4H,1-3H2,(H,7,10). The molecule has 6 heteroatoms. The maximum Gasteiger partial charge on any atom is 0.324 e. The molecule has 1 aliphatic carbocycles. The van der Waals surface area contributed by atoms with Crippen molar-refractivity contribution in [2.45, 2.75) is 18.9 Å². The molecule has 3 aromatic rings. The summed E-state index contributed by atoms with van der Waals surface area (Å²) in [6.45, 7) is 0.190. The molecular weight excluding hydrogens is 328 g/mol. The molecule has 1 N–H and O–H groups in total. The highest BCUT2D eigenvalue weighted by atomic mass is 16.2. The summed E-state index contributed by atoms with van der Waals surface area (Å²) in [5, 5.41) is 3.62. The predicted octanol–water partition coefficient (Wildman–Crippen LogP) is 3.00. The van der Waals surface area contributed by atoms with Crippen LogP contribution in [0.25, 0.3) is 22.2 Å². The number of benzene rings is 1. The molecule has 0 atom stereocenters. The van der Waals surface area contributed by atoms with Crippen molar-refractivity contribution in [1.82, 2.24) is 20.2 Å². The van der Waals surface area contributed by atoms with Crippen LogP contribution in [0, 0.1) is 0 Å². The van der Waals surface area contributed by atoms with Crippen LogP contribution in [0.5, 0.6) is 0 Å². The molecule has 3 heterocycles. The normalized spacial score (nSPS) is 16.2. The van der Waals surface area contributed by atoms with E-state index in [4.69, 9.17) is 0 Å². The van der Waals surface area contributed by atoms with Gasteiger partial charge in [-0.25, -0.2) is 4.79 Å². The summed E-state index contributed by atoms with van der Waals surface area (Å²) < 4.78 is 0. The number of rotatable bonds is 2. The van der Waals surface area contributed by atoms with Gasteiger partial charge in [0.05, 0.1) is 17.8 Å². The minimum atomic E-state index is -0.215. The quantitative estimate of drug-likeness (QED) is 0.724. The average molecular weight is 346 g/mol. The average Bonchev–Trinajstić information content (AvgIpc) is 3.47. The van der Waals surface area contributed by atoms with Crippen molar-refractivity contribution in [2.24, 2.45) is 0 Å². The van der Waals surface area contributed by atoms with Crippen LogP contribution in [0.3, 0.4) is 0 Å². The Morgan fingerprint density at radius 2 is 1.81 bits per heavy atom. The molecule has 5 rings (SSSR count). The van der Waals surface area contributed by atoms with Gasteiger partial charge in [-0.1, -0.05) is 18.2 Å². The van der Waals surface area contributed by atoms with Gasteiger partial charge in [0, 0.05) is 29.4 Å². The Bertz CT molecular complexity index is 938. The highest BCUT2D eigenvalue weighted by Gasteiger charge is 2.40. The molecule has 0 unspecified atom stereocenters. The second kappa shape index (κ2) is 6.92. The monoisotopic (exact) mass is 346 g/mol. The second-order valence-electron chi connectivity index (χ2n) is 6.28. The molecule has 2 fully saturated rings. The summed E-state index contributed by atoms with van der Waals surface area (Å²) in [7, 11) is 0. The van der Waals surface area contributed by atoms with Crippen molar-refractivity contribution in [3.63, 3.8) is 0 Å². The van der Waals surface area contributed by atoms with Crippen LogP contribution in [-0.2, 0) is 4.79 Å². The number of nitrogens with zero attached hydrogens (tertiary/aromatic N) is 3. The first-order valence-electron chi connectivity index (χ1n) is 8.58. The van der Waals surface area contributed by atoms with Gasteiger partial charge in [-0.15, -0.1) is 0 Å². The number of urea groups is 1. The molecule has 0 bridgehead atoms. The SMILES string of the molecule is O=C1CNC(=O)N1C1CC1.c1ccc(-c2ccc3ncccc3c2)nc1. The molecule has 0 radical (unpaired) electrons. The Labute approximate surface area is 150 Å². The number of imide groups is 1. The predicted molar refractivity (Wildman–Crippen MR) is 98.2 cm³/mol. The van der Waals surface area contributed by atoms with Gasteiger partial charge in [-0.3, -0.25) is 19.7 Å². The summed E-state index contributed by atoms with van der Waals surface area (Å²) >= 11 is 0. The maximum absolute atomic E-state index is 10.9. The maximum atomic E-state index is 10.9. The fraction of sp³-hybridized carbons (Fsp3) is 0.200. The second-order valence-corrected chi connectivity index (χ2v) is 6.28. The van der Waals surface area contributed by atoms with E-state index >= 15 is 0 Å². The van der Waals surface area contributed by atoms with Crippen molar-refractivity contribution in [1.29, 1.82) is 0 Å². The van der Waals surface area contributed by atoms with Crippen molar-refractivity contribution in [3.8, 4) is 11.3 Å². The minimum Gasteiger partial charge on any atom is -0.329 e. The van der Waals surface area contributed by atoms with Gasteiger partial charge in [-0.05, 0) is 43.2 Å². The summed E-state index contributed by atoms with van der Waals surface area (Å²) in [5.41, 5.74) is 3.14. The zero-order chi connectivity index (χ0) is 17.9. The lowest BCUT2D eigenvalue weighted by molar-refractivity contribution is -0.125. The number of fused-ring (bicyclic) bond motifs is 1. The molecule has 130 valence electrons. The Morgan fingerprint density at radius 3 is 2.50 bits per heavy atom. The van der Waals surface area contributed by atoms with Gasteiger partial charge >= 0.3 is 6.03 Å². The fourth-order valence-electron chi connectivity index (χ4n) is 2.91. The molecule has 1 aromatic carbocycles. The van der Waals surface area contributed by atoms with E-state index in [1.165, 1.54) is 4.90 Å². The highest BCUT2D eigenvalue weighted by molar-refractivity contribution is 6.02. The van der Waals surface area contributed by atoms with Gasteiger partial charge in [0.2, 0.25) is 5.91 Å². The lowest BCUT2D eigenvalue weighted by Crippen LogP contribution is -2.32. The number of hydrogen-bond donors (Lipinski definition) is 1. The minimum absolute atomic E-state index is 0.0764. The first-order chi connectivity index (χ1) is 12.7. The van der Waals surface area contributed by atoms with Crippen LogP contribution in [0.4, 0.5) is 4.79 Å². The smallest absolute Gasteiger partial charge is 0.324 e. The molecular formula is C20H18N4O2. The van der Waals surface area contributed by atoms with Crippen LogP contribution in [0.1, 0.15) is 12.8 Å². The Kier molecular flexibility index (Phi) is 4.31. The number of pyridine rings is 2. The van der Waals surface area contributed by atoms with E-state index in [9.17, 15) is 9.59 Å². The third-order valence-electron chi connectivity index (χ3n) is 4.35. The van der Waals surface area contributed by atoms with E-state index in [2.05, 4.69) is 33.5 Å². The number of amides is 3. The fourth-order valence-corrected chi connectivity index (χ4v) is 2.91. The van der Waals surface area contributed by atoms with E-state index in [1.54, 1.807) is 0 Å². The van der Waals surface area contributed by atoms with Gasteiger partial charge in [0.25, 0.3) is 0 Å². The third-order valence-corrected chi connectivity index (χ3v) is 4.35. The molecule has 0 spiro atoms. The summed E-state index contributed by atoms with van der Waals surface area (Å²) in [6.07, 6.45) is 5.59. The molecule has 26 heavy (non-hydrogen) atoms. The lowest BCUT2D eigenvalue weighted by atomic mass is 10.1. The lowest BCUT2D eigenvalue weighted by Gasteiger charge is -2.08. The van der Waals surface area contributed by atoms with Crippen LogP contribution in [0.2, 0.25) is 0 Å². The number of aromatic nitrogens is 2. The largest absolute Gasteiger partial charge is 0.329 e. The van der Waals surface area contributed by atoms with Gasteiger partial charge < -0.3 is 5.32 Å². The molecule has 2 aliphatic rings. The number of hydrogen-bond acceptors (Lipinski definition) is 4.